The van der Waals surface area contributed by atoms with Crippen molar-refractivity contribution < 1.29 is 23.9 Å². The molecule has 0 N–H and O–H groups in total. The molecule has 0 aromatic heterocycles. The quantitative estimate of drug-likeness (QED) is 0.583. The highest BCUT2D eigenvalue weighted by Crippen LogP contribution is 2.30. The molecule has 0 radical (unpaired) electrons. The van der Waals surface area contributed by atoms with E-state index in [1.54, 1.807) is 0 Å². The van der Waals surface area contributed by atoms with Gasteiger partial charge in [-0.3, -0.25) is 14.4 Å². The molecule has 5 heteroatoms. The first kappa shape index (κ1) is 10.7. The Hall–Kier alpha value is -1.39. The van der Waals surface area contributed by atoms with Crippen molar-refractivity contribution in [3.63, 3.8) is 0 Å². The predicted octanol–water partition coefficient (Wildman–Crippen LogP) is -0.0723. The van der Waals surface area contributed by atoms with Crippen LogP contribution in [0.5, 0.6) is 0 Å². The Morgan fingerprint density at radius 3 is 1.71 bits per heavy atom. The lowest BCUT2D eigenvalue weighted by molar-refractivity contribution is -0.156. The van der Waals surface area contributed by atoms with Crippen LogP contribution in [0.2, 0.25) is 0 Å². The molecule has 0 unspecified atom stereocenters. The number of methoxy groups -OCH3 is 2. The normalized spacial score (nSPS) is 26.0. The number of hydrogen-bond acceptors (Lipinski definition) is 5. The third kappa shape index (κ3) is 1.92. The average molecular weight is 200 g/mol. The van der Waals surface area contributed by atoms with Gasteiger partial charge in [0, 0.05) is 12.8 Å². The largest absolute Gasteiger partial charge is 0.469 e. The molecular formula is C9H12O5. The van der Waals surface area contributed by atoms with Gasteiger partial charge in [0.05, 0.1) is 26.1 Å². The summed E-state index contributed by atoms with van der Waals surface area (Å²) in [4.78, 5) is 33.5. The molecule has 1 rings (SSSR count). The molecule has 1 saturated carbocycles. The third-order valence-electron chi connectivity index (χ3n) is 2.39. The summed E-state index contributed by atoms with van der Waals surface area (Å²) < 4.78 is 9.02. The number of ketones is 1. The van der Waals surface area contributed by atoms with E-state index in [1.165, 1.54) is 14.2 Å². The smallest absolute Gasteiger partial charge is 0.309 e. The van der Waals surface area contributed by atoms with Gasteiger partial charge < -0.3 is 9.47 Å². The predicted molar refractivity (Wildman–Crippen MR) is 45.3 cm³/mol. The molecule has 0 aromatic carbocycles. The lowest BCUT2D eigenvalue weighted by Gasteiger charge is -2.13. The van der Waals surface area contributed by atoms with Gasteiger partial charge in [-0.25, -0.2) is 0 Å². The Kier molecular flexibility index (Phi) is 3.22. The molecule has 78 valence electrons. The van der Waals surface area contributed by atoms with Gasteiger partial charge in [-0.2, -0.15) is 0 Å². The van der Waals surface area contributed by atoms with Crippen molar-refractivity contribution in [3.05, 3.63) is 0 Å². The average Bonchev–Trinajstić information content (AvgIpc) is 2.58. The first-order chi connectivity index (χ1) is 6.60. The van der Waals surface area contributed by atoms with Gasteiger partial charge in [0.2, 0.25) is 0 Å². The molecule has 0 heterocycles. The van der Waals surface area contributed by atoms with Gasteiger partial charge in [0.25, 0.3) is 0 Å². The number of Topliss-reactive ketones (excluding diaryl/α,β-unsaturated/α-hetero) is 1. The van der Waals surface area contributed by atoms with Crippen LogP contribution in [0.3, 0.4) is 0 Å². The molecule has 1 fully saturated rings. The Labute approximate surface area is 81.4 Å². The number of carbonyl (C=O) groups excluding carboxylic acids is 3. The topological polar surface area (TPSA) is 69.7 Å². The molecule has 14 heavy (non-hydrogen) atoms. The van der Waals surface area contributed by atoms with Gasteiger partial charge in [0.1, 0.15) is 5.78 Å². The van der Waals surface area contributed by atoms with Crippen molar-refractivity contribution >= 4 is 17.7 Å². The van der Waals surface area contributed by atoms with E-state index in [0.717, 1.165) is 0 Å². The summed E-state index contributed by atoms with van der Waals surface area (Å²) in [6.45, 7) is 0. The summed E-state index contributed by atoms with van der Waals surface area (Å²) in [6, 6.07) is 0. The maximum absolute atomic E-state index is 11.2. The van der Waals surface area contributed by atoms with E-state index in [2.05, 4.69) is 9.47 Å². The molecule has 5 nitrogen and oxygen atoms in total. The van der Waals surface area contributed by atoms with Crippen LogP contribution in [0, 0.1) is 11.8 Å². The van der Waals surface area contributed by atoms with E-state index in [0.29, 0.717) is 0 Å². The number of ether oxygens (including phenoxy) is 2. The van der Waals surface area contributed by atoms with Crippen LogP contribution in [0.1, 0.15) is 12.8 Å². The zero-order valence-corrected chi connectivity index (χ0v) is 8.11. The Morgan fingerprint density at radius 1 is 1.07 bits per heavy atom. The fourth-order valence-electron chi connectivity index (χ4n) is 1.66. The lowest BCUT2D eigenvalue weighted by Crippen LogP contribution is -2.27. The van der Waals surface area contributed by atoms with Crippen LogP contribution < -0.4 is 0 Å². The van der Waals surface area contributed by atoms with Crippen molar-refractivity contribution in [3.8, 4) is 0 Å². The fraction of sp³-hybridized carbons (Fsp3) is 0.667. The number of carbonyl (C=O) groups is 3. The molecule has 0 aliphatic heterocycles. The summed E-state index contributed by atoms with van der Waals surface area (Å²) in [5.41, 5.74) is 0. The highest BCUT2D eigenvalue weighted by Gasteiger charge is 2.43. The number of rotatable bonds is 2. The van der Waals surface area contributed by atoms with Crippen LogP contribution >= 0.6 is 0 Å². The van der Waals surface area contributed by atoms with Crippen LogP contribution in [-0.2, 0) is 23.9 Å². The summed E-state index contributed by atoms with van der Waals surface area (Å²) in [5.74, 6) is -2.48. The molecule has 0 amide bonds. The Morgan fingerprint density at radius 2 is 1.43 bits per heavy atom. The van der Waals surface area contributed by atoms with Gasteiger partial charge in [0.15, 0.2) is 0 Å². The molecule has 2 atom stereocenters. The zero-order chi connectivity index (χ0) is 10.7. The van der Waals surface area contributed by atoms with E-state index in [9.17, 15) is 14.4 Å². The molecule has 0 spiro atoms. The van der Waals surface area contributed by atoms with Crippen LogP contribution in [-0.4, -0.2) is 31.9 Å². The van der Waals surface area contributed by atoms with Crippen molar-refractivity contribution in [2.45, 2.75) is 12.8 Å². The minimum Gasteiger partial charge on any atom is -0.469 e. The second kappa shape index (κ2) is 4.21. The van der Waals surface area contributed by atoms with Gasteiger partial charge in [-0.15, -0.1) is 0 Å². The van der Waals surface area contributed by atoms with Crippen LogP contribution in [0.4, 0.5) is 0 Å². The van der Waals surface area contributed by atoms with E-state index in [1.807, 2.05) is 0 Å². The summed E-state index contributed by atoms with van der Waals surface area (Å²) in [5, 5.41) is 0. The molecule has 0 bridgehead atoms. The lowest BCUT2D eigenvalue weighted by atomic mass is 9.96. The van der Waals surface area contributed by atoms with Gasteiger partial charge in [-0.05, 0) is 0 Å². The Balaban J connectivity index is 2.77. The zero-order valence-electron chi connectivity index (χ0n) is 8.11. The fourth-order valence-corrected chi connectivity index (χ4v) is 1.66. The summed E-state index contributed by atoms with van der Waals surface area (Å²) in [7, 11) is 2.47. The molecule has 1 aliphatic carbocycles. The van der Waals surface area contributed by atoms with Crippen molar-refractivity contribution in [1.29, 1.82) is 0 Å². The molecule has 0 aromatic rings. The minimum absolute atomic E-state index is 0.0758. The van der Waals surface area contributed by atoms with E-state index in [4.69, 9.17) is 0 Å². The van der Waals surface area contributed by atoms with Gasteiger partial charge >= 0.3 is 11.9 Å². The molecule has 1 aliphatic rings. The second-order valence-electron chi connectivity index (χ2n) is 3.21. The van der Waals surface area contributed by atoms with E-state index >= 15 is 0 Å². The van der Waals surface area contributed by atoms with Crippen LogP contribution in [0.15, 0.2) is 0 Å². The van der Waals surface area contributed by atoms with E-state index < -0.39 is 23.8 Å². The SMILES string of the molecule is COC(=O)[C@H]1CC(=O)C[C@@H]1C(=O)OC. The van der Waals surface area contributed by atoms with Crippen molar-refractivity contribution in [2.24, 2.45) is 11.8 Å². The molecular weight excluding hydrogens is 188 g/mol. The number of esters is 2. The highest BCUT2D eigenvalue weighted by atomic mass is 16.5. The Bertz CT molecular complexity index is 244. The van der Waals surface area contributed by atoms with E-state index in [-0.39, 0.29) is 18.6 Å². The third-order valence-corrected chi connectivity index (χ3v) is 2.39. The maximum Gasteiger partial charge on any atom is 0.309 e. The maximum atomic E-state index is 11.2. The highest BCUT2D eigenvalue weighted by molar-refractivity contribution is 5.95. The van der Waals surface area contributed by atoms with Crippen LogP contribution in [0.25, 0.3) is 0 Å². The first-order valence-electron chi connectivity index (χ1n) is 4.27. The minimum atomic E-state index is -0.667. The second-order valence-corrected chi connectivity index (χ2v) is 3.21. The monoisotopic (exact) mass is 200 g/mol. The summed E-state index contributed by atoms with van der Waals surface area (Å²) >= 11 is 0. The molecule has 0 saturated heterocycles. The van der Waals surface area contributed by atoms with Crippen molar-refractivity contribution in [1.82, 2.24) is 0 Å². The van der Waals surface area contributed by atoms with Crippen molar-refractivity contribution in [2.75, 3.05) is 14.2 Å². The first-order valence-corrected chi connectivity index (χ1v) is 4.27. The summed E-state index contributed by atoms with van der Waals surface area (Å²) in [6.07, 6.45) is 0.152. The van der Waals surface area contributed by atoms with Gasteiger partial charge in [-0.1, -0.05) is 0 Å². The standard InChI is InChI=1S/C9H12O5/c1-13-8(11)6-3-5(10)4-7(6)9(12)14-2/h6-7H,3-4H2,1-2H3/t6-,7-/m0/s1. The number of hydrogen-bond donors (Lipinski definition) is 0.